The second-order valence-corrected chi connectivity index (χ2v) is 35.3. The van der Waals surface area contributed by atoms with E-state index in [0.717, 1.165) is 14.0 Å². The van der Waals surface area contributed by atoms with E-state index in [1.165, 1.54) is 13.8 Å². The predicted molar refractivity (Wildman–Crippen MR) is 422 cm³/mol. The zero-order valence-corrected chi connectivity index (χ0v) is 69.7. The van der Waals surface area contributed by atoms with Crippen molar-refractivity contribution in [2.24, 2.45) is 57.7 Å². The van der Waals surface area contributed by atoms with E-state index in [9.17, 15) is 78.0 Å². The number of benzene rings is 4. The fraction of sp³-hybridized carbons (Fsp3) is 0.556. The van der Waals surface area contributed by atoms with Crippen molar-refractivity contribution in [1.82, 2.24) is 10.6 Å². The minimum Gasteiger partial charge on any atom is -0.458 e. The van der Waals surface area contributed by atoms with Crippen LogP contribution in [-0.4, -0.2) is 203 Å². The molecule has 2 aliphatic heterocycles. The van der Waals surface area contributed by atoms with Gasteiger partial charge in [-0.1, -0.05) is 147 Å². The van der Waals surface area contributed by atoms with Crippen molar-refractivity contribution in [3.8, 4) is 0 Å². The van der Waals surface area contributed by atoms with Crippen LogP contribution >= 0.6 is 0 Å². The number of methoxy groups -OCH3 is 1. The molecule has 29 nitrogen and oxygen atoms in total. The van der Waals surface area contributed by atoms with Crippen LogP contribution in [0.1, 0.15) is 185 Å². The van der Waals surface area contributed by atoms with Crippen molar-refractivity contribution in [2.45, 2.75) is 238 Å². The van der Waals surface area contributed by atoms with Crippen LogP contribution in [0, 0.1) is 57.7 Å². The number of hydrogen-bond donors (Lipinski definition) is 6. The molecule has 2 amide bonds. The Bertz CT molecular complexity index is 4540. The van der Waals surface area contributed by atoms with Gasteiger partial charge < -0.3 is 83.2 Å². The smallest absolute Gasteiger partial charge is 0.458 e. The number of ether oxygens (including phenoxy) is 11. The molecule has 642 valence electrons. The Labute approximate surface area is 691 Å². The molecular weight excluding hydrogens is 1540 g/mol. The van der Waals surface area contributed by atoms with Crippen molar-refractivity contribution in [2.75, 3.05) is 20.3 Å². The van der Waals surface area contributed by atoms with E-state index in [4.69, 9.17) is 52.1 Å². The van der Waals surface area contributed by atoms with Crippen molar-refractivity contribution in [1.29, 1.82) is 0 Å². The van der Waals surface area contributed by atoms with Crippen molar-refractivity contribution < 1.29 is 130 Å². The fourth-order valence-corrected chi connectivity index (χ4v) is 19.6. The van der Waals surface area contributed by atoms with Gasteiger partial charge in [0.15, 0.2) is 47.2 Å². The number of amides is 2. The van der Waals surface area contributed by atoms with E-state index in [1.54, 1.807) is 163 Å². The minimum absolute atomic E-state index is 0.0105. The molecule has 0 spiro atoms. The number of nitrogens with one attached hydrogen (secondary N) is 2. The molecule has 2 heterocycles. The first-order valence-corrected chi connectivity index (χ1v) is 40.4. The number of aliphatic hydroxyl groups excluding tert-OH is 4. The molecule has 0 aromatic heterocycles. The molecule has 7 unspecified atom stereocenters. The molecule has 4 aromatic carbocycles. The first kappa shape index (κ1) is 89.7. The quantitative estimate of drug-likeness (QED) is 0.0273. The molecule has 22 atom stereocenters. The Morgan fingerprint density at radius 1 is 0.521 bits per heavy atom. The first-order valence-electron chi connectivity index (χ1n) is 40.4. The summed E-state index contributed by atoms with van der Waals surface area (Å²) in [5, 5.41) is 52.4. The lowest BCUT2D eigenvalue weighted by molar-refractivity contribution is -0.323. The summed E-state index contributed by atoms with van der Waals surface area (Å²) in [6.45, 7) is 23.0. The van der Waals surface area contributed by atoms with Gasteiger partial charge in [-0.3, -0.25) is 33.6 Å². The van der Waals surface area contributed by atoms with Gasteiger partial charge in [-0.2, -0.15) is 0 Å². The lowest BCUT2D eigenvalue weighted by atomic mass is 9.55. The SMILES string of the molecule is CC(=O)O[C@H]1C(=O)C[C@H]2[C@@H](O)C[C@H]3OC[C@@]3(OC(C)=O)[C@H]2C(OC(=O)c2ccccc2)C2CC(OC(=O)[C@H](O)C(NC(=O)c3ccccc3)c3ccccc3)C(C)=C1C2(C)C.COC(=O)O[C@@]12CO[C@@H]1C[C@H](O)[C@@H]1CC(=O)[C@H](OC(C)=O)C3=C(C)C(OC(=O)[C@H](O)[C@@H](NC(=O)CC(C)(C)C)C(C)C)CC(C(OC(=O)c4ccccc4)[C@@H]12)C3(C)C. The summed E-state index contributed by atoms with van der Waals surface area (Å²) in [6.07, 6.45) is -17.5. The molecule has 29 heteroatoms. The molecule has 2 saturated heterocycles. The number of fused-ring (bicyclic) bond motifs is 10. The summed E-state index contributed by atoms with van der Waals surface area (Å²) in [6, 6.07) is 30.9. The number of carbonyl (C=O) groups excluding carboxylic acids is 12. The molecule has 6 aliphatic carbocycles. The van der Waals surface area contributed by atoms with Gasteiger partial charge in [0.1, 0.15) is 36.6 Å². The van der Waals surface area contributed by atoms with E-state index in [2.05, 4.69) is 10.6 Å². The molecule has 0 radical (unpaired) electrons. The summed E-state index contributed by atoms with van der Waals surface area (Å²) >= 11 is 0. The average molecular weight is 1650 g/mol. The summed E-state index contributed by atoms with van der Waals surface area (Å²) in [4.78, 5) is 164. The average Bonchev–Trinajstić information content (AvgIpc) is 1.70. The van der Waals surface area contributed by atoms with Gasteiger partial charge in [-0.05, 0) is 113 Å². The number of Topliss-reactive ketones (excluding diaryl/α,β-unsaturated/α-hetero) is 2. The topological polar surface area (TPSA) is 411 Å². The van der Waals surface area contributed by atoms with E-state index >= 15 is 0 Å². The van der Waals surface area contributed by atoms with Gasteiger partial charge in [-0.15, -0.1) is 0 Å². The lowest BCUT2D eigenvalue weighted by Gasteiger charge is -2.61. The number of ketones is 2. The molecule has 6 fully saturated rings. The maximum Gasteiger partial charge on any atom is 0.508 e. The van der Waals surface area contributed by atoms with Crippen molar-refractivity contribution >= 4 is 71.3 Å². The monoisotopic (exact) mass is 1650 g/mol. The van der Waals surface area contributed by atoms with Crippen LogP contribution in [0.3, 0.4) is 0 Å². The number of rotatable bonds is 20. The first-order chi connectivity index (χ1) is 56.0. The van der Waals surface area contributed by atoms with E-state index in [-0.39, 0.29) is 80.6 Å². The standard InChI is InChI=1S/C47H51NO13.C43H59NO14/c1-25-35(59-45(56)40(53)39(28-15-9-6-10-16-28)48-43(54)29-17-11-7-12-18-29)22-32-41(60-44(55)30-19-13-8-14-20-30)38-31(33(51)23-36-47(38,24-57-36)61-27(3)50)21-34(52)42(58-26(2)49)37(25)46(32,4)5;1-21(2)34(44-31(48)19-41(5,6)7)35(49)39(51)56-29-17-26-36(57-38(50)24-14-12-11-13-15-24)33-25(27(46)18-30-43(33,20-54-30)58-40(52)53-10)16-28(47)37(55-23(4)45)32(22(29)3)42(26,8)9/h6-20,31-33,35-36,38-42,51,53H,21-24H2,1-5H3,(H,48,54);11-15,21,25-27,29-30,33-37,46,49H,16-20H2,1-10H3,(H,44,48)/t31-,32?,33-,35?,36+,38+,39?,40+,41?,42-,47-;25-,26?,27-,29?,30+,33+,34-,35+,36?,37-,43-/m00/s1. The zero-order valence-electron chi connectivity index (χ0n) is 69.7. The molecule has 119 heavy (non-hydrogen) atoms. The van der Waals surface area contributed by atoms with Crippen LogP contribution in [0.15, 0.2) is 144 Å². The third-order valence-electron chi connectivity index (χ3n) is 25.3. The second-order valence-electron chi connectivity index (χ2n) is 35.3. The zero-order chi connectivity index (χ0) is 86.9. The lowest BCUT2D eigenvalue weighted by Crippen LogP contribution is -2.74. The molecule has 8 aliphatic rings. The fourth-order valence-electron chi connectivity index (χ4n) is 19.6. The van der Waals surface area contributed by atoms with Crippen molar-refractivity contribution in [3.63, 3.8) is 0 Å². The Balaban J connectivity index is 0.000000233. The van der Waals surface area contributed by atoms with Gasteiger partial charge in [-0.25, -0.2) is 24.0 Å². The molecule has 4 saturated carbocycles. The van der Waals surface area contributed by atoms with Crippen LogP contribution in [0.5, 0.6) is 0 Å². The van der Waals surface area contributed by atoms with Crippen LogP contribution in [-0.2, 0) is 90.5 Å². The summed E-state index contributed by atoms with van der Waals surface area (Å²) in [7, 11) is 1.14. The van der Waals surface area contributed by atoms with Crippen molar-refractivity contribution in [3.05, 3.63) is 166 Å². The van der Waals surface area contributed by atoms with E-state index in [1.807, 2.05) is 34.6 Å². The highest BCUT2D eigenvalue weighted by molar-refractivity contribution is 5.95. The van der Waals surface area contributed by atoms with Gasteiger partial charge in [0, 0.05) is 93.9 Å². The van der Waals surface area contributed by atoms with Gasteiger partial charge in [0.05, 0.1) is 55.7 Å². The molecule has 6 N–H and O–H groups in total. The summed E-state index contributed by atoms with van der Waals surface area (Å²) in [5.74, 6) is -14.1. The highest BCUT2D eigenvalue weighted by Crippen LogP contribution is 2.62. The maximum absolute atomic E-state index is 14.7. The normalized spacial score (nSPS) is 30.6. The Hall–Kier alpha value is -10.0. The maximum atomic E-state index is 14.7. The molecular formula is C90H110N2O27. The molecule has 4 aromatic rings. The van der Waals surface area contributed by atoms with Gasteiger partial charge in [0.25, 0.3) is 5.91 Å². The van der Waals surface area contributed by atoms with Crippen LogP contribution in [0.25, 0.3) is 0 Å². The van der Waals surface area contributed by atoms with Crippen LogP contribution in [0.2, 0.25) is 0 Å². The number of carbonyl (C=O) groups is 12. The second kappa shape index (κ2) is 36.1. The molecule has 4 bridgehead atoms. The van der Waals surface area contributed by atoms with Crippen LogP contribution < -0.4 is 10.6 Å². The highest BCUT2D eigenvalue weighted by Gasteiger charge is 2.72. The predicted octanol–water partition coefficient (Wildman–Crippen LogP) is 8.87. The number of esters is 7. The third kappa shape index (κ3) is 18.6. The van der Waals surface area contributed by atoms with E-state index < -0.39 is 214 Å². The van der Waals surface area contributed by atoms with Gasteiger partial charge >= 0.3 is 47.9 Å². The van der Waals surface area contributed by atoms with Gasteiger partial charge in [0.2, 0.25) is 5.91 Å². The largest absolute Gasteiger partial charge is 0.508 e. The highest BCUT2D eigenvalue weighted by atomic mass is 16.8. The Kier molecular flexibility index (Phi) is 27.2. The number of aliphatic hydroxyl groups is 4. The summed E-state index contributed by atoms with van der Waals surface area (Å²) in [5.41, 5.74) is -3.19. The Morgan fingerprint density at radius 2 is 0.916 bits per heavy atom. The Morgan fingerprint density at radius 3 is 1.29 bits per heavy atom. The minimum atomic E-state index is -1.94. The van der Waals surface area contributed by atoms with Crippen LogP contribution in [0.4, 0.5) is 4.79 Å². The number of hydrogen-bond acceptors (Lipinski definition) is 27. The molecule has 12 rings (SSSR count). The summed E-state index contributed by atoms with van der Waals surface area (Å²) < 4.78 is 66.0. The third-order valence-corrected chi connectivity index (χ3v) is 25.3. The van der Waals surface area contributed by atoms with E-state index in [0.29, 0.717) is 33.4 Å².